The number of carbonyl (C=O) groups excluding carboxylic acids is 1. The lowest BCUT2D eigenvalue weighted by Crippen LogP contribution is -2.38. The van der Waals surface area contributed by atoms with Gasteiger partial charge in [0.2, 0.25) is 0 Å². The van der Waals surface area contributed by atoms with Crippen LogP contribution in [0.25, 0.3) is 0 Å². The molecule has 0 aliphatic heterocycles. The van der Waals surface area contributed by atoms with Gasteiger partial charge in [-0.25, -0.2) is 0 Å². The van der Waals surface area contributed by atoms with Crippen LogP contribution in [0.3, 0.4) is 0 Å². The van der Waals surface area contributed by atoms with Gasteiger partial charge in [0.05, 0.1) is 0 Å². The van der Waals surface area contributed by atoms with Crippen molar-refractivity contribution in [2.75, 3.05) is 0 Å². The molecule has 3 aliphatic rings. The van der Waals surface area contributed by atoms with E-state index in [4.69, 9.17) is 4.74 Å². The number of carbonyl (C=O) groups is 1. The van der Waals surface area contributed by atoms with E-state index in [0.29, 0.717) is 23.2 Å². The summed E-state index contributed by atoms with van der Waals surface area (Å²) in [5.74, 6) is 2.26. The van der Waals surface area contributed by atoms with Crippen LogP contribution in [-0.4, -0.2) is 12.1 Å². The number of fused-ring (bicyclic) bond motifs is 3. The molecule has 0 amide bonds. The maximum absolute atomic E-state index is 10.8. The van der Waals surface area contributed by atoms with Gasteiger partial charge in [0.25, 0.3) is 6.47 Å². The standard InChI is InChI=1S/C16H26O2/c1-14(2)7-11-8-15(11,3)12-5-6-16(4,18-10-17)13(12)9-14/h10-13H,5-9H2,1-4H3/t11-,12+,13-,15+,16+/m0/s1. The first-order valence-corrected chi connectivity index (χ1v) is 7.42. The van der Waals surface area contributed by atoms with Crippen LogP contribution in [-0.2, 0) is 9.53 Å². The summed E-state index contributed by atoms with van der Waals surface area (Å²) < 4.78 is 5.54. The molecule has 0 aromatic rings. The SMILES string of the molecule is CC1(C)C[C@H]2C[C@@]2(C)[C@@H]2CC[C@@](C)(OC=O)[C@H]2C1. The first kappa shape index (κ1) is 12.5. The summed E-state index contributed by atoms with van der Waals surface area (Å²) in [4.78, 5) is 10.8. The van der Waals surface area contributed by atoms with Crippen LogP contribution < -0.4 is 0 Å². The van der Waals surface area contributed by atoms with Gasteiger partial charge in [-0.1, -0.05) is 20.8 Å². The Morgan fingerprint density at radius 1 is 1.06 bits per heavy atom. The summed E-state index contributed by atoms with van der Waals surface area (Å²) in [6.45, 7) is 10.1. The molecule has 0 heterocycles. The molecule has 3 saturated carbocycles. The molecule has 3 aliphatic carbocycles. The molecule has 0 saturated heterocycles. The second-order valence-electron chi connectivity index (χ2n) is 8.26. The summed E-state index contributed by atoms with van der Waals surface area (Å²) in [6, 6.07) is 0. The zero-order chi connectivity index (χ0) is 13.2. The van der Waals surface area contributed by atoms with E-state index in [1.807, 2.05) is 0 Å². The van der Waals surface area contributed by atoms with Gasteiger partial charge in [-0.2, -0.15) is 0 Å². The highest BCUT2D eigenvalue weighted by atomic mass is 16.5. The summed E-state index contributed by atoms with van der Waals surface area (Å²) in [5, 5.41) is 0. The lowest BCUT2D eigenvalue weighted by atomic mass is 9.72. The third-order valence-corrected chi connectivity index (χ3v) is 6.42. The van der Waals surface area contributed by atoms with Gasteiger partial charge < -0.3 is 4.74 Å². The Hall–Kier alpha value is -0.530. The van der Waals surface area contributed by atoms with Gasteiger partial charge in [-0.05, 0) is 61.7 Å². The van der Waals surface area contributed by atoms with Crippen LogP contribution in [0.2, 0.25) is 0 Å². The summed E-state index contributed by atoms with van der Waals surface area (Å²) in [6.07, 6.45) is 6.27. The molecule has 3 rings (SSSR count). The van der Waals surface area contributed by atoms with Crippen molar-refractivity contribution in [1.82, 2.24) is 0 Å². The van der Waals surface area contributed by atoms with Crippen molar-refractivity contribution >= 4 is 6.47 Å². The number of hydrogen-bond acceptors (Lipinski definition) is 2. The smallest absolute Gasteiger partial charge is 0.293 e. The zero-order valence-electron chi connectivity index (χ0n) is 12.2. The van der Waals surface area contributed by atoms with Crippen LogP contribution >= 0.6 is 0 Å². The van der Waals surface area contributed by atoms with Crippen molar-refractivity contribution in [3.8, 4) is 0 Å². The van der Waals surface area contributed by atoms with Crippen LogP contribution in [0.4, 0.5) is 0 Å². The van der Waals surface area contributed by atoms with E-state index in [1.165, 1.54) is 25.7 Å². The number of ether oxygens (including phenoxy) is 1. The Kier molecular flexibility index (Phi) is 2.44. The highest BCUT2D eigenvalue weighted by Crippen LogP contribution is 2.71. The van der Waals surface area contributed by atoms with E-state index in [9.17, 15) is 4.79 Å². The fourth-order valence-corrected chi connectivity index (χ4v) is 5.24. The monoisotopic (exact) mass is 250 g/mol. The molecule has 0 bridgehead atoms. The quantitative estimate of drug-likeness (QED) is 0.697. The molecular formula is C16H26O2. The number of hydrogen-bond donors (Lipinski definition) is 0. The lowest BCUT2D eigenvalue weighted by molar-refractivity contribution is -0.147. The molecule has 0 aromatic heterocycles. The van der Waals surface area contributed by atoms with Crippen LogP contribution in [0.15, 0.2) is 0 Å². The molecule has 18 heavy (non-hydrogen) atoms. The van der Waals surface area contributed by atoms with Crippen LogP contribution in [0.1, 0.15) is 59.8 Å². The van der Waals surface area contributed by atoms with Crippen LogP contribution in [0, 0.1) is 28.6 Å². The molecule has 3 fully saturated rings. The van der Waals surface area contributed by atoms with Gasteiger partial charge in [0, 0.05) is 5.92 Å². The Morgan fingerprint density at radius 3 is 2.44 bits per heavy atom. The van der Waals surface area contributed by atoms with E-state index in [2.05, 4.69) is 27.7 Å². The molecule has 2 nitrogen and oxygen atoms in total. The topological polar surface area (TPSA) is 26.3 Å². The van der Waals surface area contributed by atoms with Crippen molar-refractivity contribution in [2.45, 2.75) is 65.4 Å². The first-order chi connectivity index (χ1) is 8.31. The predicted molar refractivity (Wildman–Crippen MR) is 71.0 cm³/mol. The summed E-state index contributed by atoms with van der Waals surface area (Å²) >= 11 is 0. The van der Waals surface area contributed by atoms with Crippen LogP contribution in [0.5, 0.6) is 0 Å². The van der Waals surface area contributed by atoms with Crippen molar-refractivity contribution in [2.24, 2.45) is 28.6 Å². The molecule has 0 aromatic carbocycles. The molecule has 0 unspecified atom stereocenters. The van der Waals surface area contributed by atoms with Gasteiger partial charge in [0.15, 0.2) is 0 Å². The minimum Gasteiger partial charge on any atom is -0.461 e. The summed E-state index contributed by atoms with van der Waals surface area (Å²) in [5.41, 5.74) is 0.742. The van der Waals surface area contributed by atoms with Crippen molar-refractivity contribution in [1.29, 1.82) is 0 Å². The normalized spacial score (nSPS) is 53.0. The molecule has 0 radical (unpaired) electrons. The maximum atomic E-state index is 10.8. The Morgan fingerprint density at radius 2 is 1.78 bits per heavy atom. The minimum absolute atomic E-state index is 0.204. The maximum Gasteiger partial charge on any atom is 0.293 e. The van der Waals surface area contributed by atoms with Crippen molar-refractivity contribution < 1.29 is 9.53 Å². The van der Waals surface area contributed by atoms with E-state index in [-0.39, 0.29) is 5.60 Å². The molecule has 0 N–H and O–H groups in total. The van der Waals surface area contributed by atoms with Crippen molar-refractivity contribution in [3.05, 3.63) is 0 Å². The molecule has 0 spiro atoms. The molecule has 2 heteroatoms. The molecule has 5 atom stereocenters. The predicted octanol–water partition coefficient (Wildman–Crippen LogP) is 3.79. The van der Waals surface area contributed by atoms with E-state index in [0.717, 1.165) is 18.3 Å². The number of rotatable bonds is 2. The Balaban J connectivity index is 1.94. The third kappa shape index (κ3) is 1.64. The molecular weight excluding hydrogens is 224 g/mol. The van der Waals surface area contributed by atoms with E-state index >= 15 is 0 Å². The highest BCUT2D eigenvalue weighted by Gasteiger charge is 2.65. The Labute approximate surface area is 110 Å². The fourth-order valence-electron chi connectivity index (χ4n) is 5.24. The third-order valence-electron chi connectivity index (χ3n) is 6.42. The van der Waals surface area contributed by atoms with Gasteiger partial charge in [0.1, 0.15) is 5.60 Å². The van der Waals surface area contributed by atoms with E-state index in [1.54, 1.807) is 0 Å². The molecule has 102 valence electrons. The second-order valence-corrected chi connectivity index (χ2v) is 8.26. The second kappa shape index (κ2) is 3.52. The van der Waals surface area contributed by atoms with E-state index < -0.39 is 0 Å². The average molecular weight is 250 g/mol. The van der Waals surface area contributed by atoms with Crippen molar-refractivity contribution in [3.63, 3.8) is 0 Å². The lowest BCUT2D eigenvalue weighted by Gasteiger charge is -2.37. The van der Waals surface area contributed by atoms with Gasteiger partial charge in [-0.3, -0.25) is 4.79 Å². The highest BCUT2D eigenvalue weighted by molar-refractivity contribution is 5.39. The largest absolute Gasteiger partial charge is 0.461 e. The average Bonchev–Trinajstić information content (AvgIpc) is 2.76. The first-order valence-electron chi connectivity index (χ1n) is 7.42. The Bertz CT molecular complexity index is 375. The summed E-state index contributed by atoms with van der Waals surface area (Å²) in [7, 11) is 0. The van der Waals surface area contributed by atoms with Gasteiger partial charge in [-0.15, -0.1) is 0 Å². The minimum atomic E-state index is -0.204. The fraction of sp³-hybridized carbons (Fsp3) is 0.938. The van der Waals surface area contributed by atoms with Gasteiger partial charge >= 0.3 is 0 Å². The zero-order valence-corrected chi connectivity index (χ0v) is 12.2.